The van der Waals surface area contributed by atoms with Crippen LogP contribution in [-0.4, -0.2) is 30.9 Å². The van der Waals surface area contributed by atoms with E-state index in [1.807, 2.05) is 30.3 Å². The number of hydrogen-bond donors (Lipinski definition) is 1. The number of carbonyl (C=O) groups is 2. The molecule has 0 fully saturated rings. The molecule has 1 N–H and O–H groups in total. The quantitative estimate of drug-likeness (QED) is 0.463. The summed E-state index contributed by atoms with van der Waals surface area (Å²) in [6.45, 7) is 0. The van der Waals surface area contributed by atoms with Crippen molar-refractivity contribution in [3.63, 3.8) is 0 Å². The molecular formula is C25H20N2O4. The predicted octanol–water partition coefficient (Wildman–Crippen LogP) is 4.74. The van der Waals surface area contributed by atoms with Crippen molar-refractivity contribution in [1.82, 2.24) is 4.98 Å². The van der Waals surface area contributed by atoms with Crippen molar-refractivity contribution < 1.29 is 19.1 Å². The van der Waals surface area contributed by atoms with Crippen molar-refractivity contribution in [3.8, 4) is 11.5 Å². The Bertz CT molecular complexity index is 1260. The van der Waals surface area contributed by atoms with E-state index in [-0.39, 0.29) is 23.0 Å². The number of fused-ring (bicyclic) bond motifs is 1. The van der Waals surface area contributed by atoms with Gasteiger partial charge in [0.25, 0.3) is 5.91 Å². The highest BCUT2D eigenvalue weighted by molar-refractivity contribution is 6.14. The number of rotatable bonds is 6. The van der Waals surface area contributed by atoms with Crippen molar-refractivity contribution in [1.29, 1.82) is 0 Å². The van der Waals surface area contributed by atoms with Crippen LogP contribution >= 0.6 is 0 Å². The summed E-state index contributed by atoms with van der Waals surface area (Å²) < 4.78 is 10.9. The molecule has 3 aromatic carbocycles. The van der Waals surface area contributed by atoms with Gasteiger partial charge in [-0.1, -0.05) is 48.5 Å². The minimum absolute atomic E-state index is 0.220. The number of methoxy groups -OCH3 is 2. The molecule has 0 aliphatic heterocycles. The Morgan fingerprint density at radius 3 is 2.19 bits per heavy atom. The number of nitrogens with one attached hydrogen (secondary N) is 1. The summed E-state index contributed by atoms with van der Waals surface area (Å²) in [5.74, 6) is -0.0385. The first-order valence-corrected chi connectivity index (χ1v) is 9.63. The maximum atomic E-state index is 13.1. The van der Waals surface area contributed by atoms with Gasteiger partial charge in [-0.05, 0) is 24.3 Å². The highest BCUT2D eigenvalue weighted by Crippen LogP contribution is 2.32. The fourth-order valence-corrected chi connectivity index (χ4v) is 3.39. The summed E-state index contributed by atoms with van der Waals surface area (Å²) in [4.78, 5) is 30.4. The highest BCUT2D eigenvalue weighted by Gasteiger charge is 2.22. The maximum Gasteiger partial charge on any atom is 0.259 e. The van der Waals surface area contributed by atoms with Gasteiger partial charge in [-0.25, -0.2) is 0 Å². The van der Waals surface area contributed by atoms with Gasteiger partial charge in [0.1, 0.15) is 11.5 Å². The molecule has 0 aliphatic carbocycles. The molecule has 0 aliphatic rings. The summed E-state index contributed by atoms with van der Waals surface area (Å²) >= 11 is 0. The van der Waals surface area contributed by atoms with Gasteiger partial charge in [-0.15, -0.1) is 0 Å². The zero-order valence-electron chi connectivity index (χ0n) is 17.1. The molecule has 31 heavy (non-hydrogen) atoms. The number of aromatic nitrogens is 1. The van der Waals surface area contributed by atoms with Crippen LogP contribution in [0.15, 0.2) is 79.0 Å². The topological polar surface area (TPSA) is 77.5 Å². The third-order valence-electron chi connectivity index (χ3n) is 4.94. The van der Waals surface area contributed by atoms with Gasteiger partial charge in [0.05, 0.1) is 36.6 Å². The van der Waals surface area contributed by atoms with Gasteiger partial charge in [0.15, 0.2) is 5.78 Å². The van der Waals surface area contributed by atoms with Crippen LogP contribution in [0.3, 0.4) is 0 Å². The SMILES string of the molecule is COc1cc(C(=O)c2ccccc2)c(OC)cc1C(=O)Nc1ccnc2ccccc12. The Morgan fingerprint density at radius 1 is 0.806 bits per heavy atom. The molecule has 1 amide bonds. The predicted molar refractivity (Wildman–Crippen MR) is 119 cm³/mol. The lowest BCUT2D eigenvalue weighted by molar-refractivity contribution is 0.101. The first kappa shape index (κ1) is 20.1. The molecule has 0 saturated carbocycles. The van der Waals surface area contributed by atoms with E-state index in [0.717, 1.165) is 10.9 Å². The van der Waals surface area contributed by atoms with E-state index in [1.165, 1.54) is 26.4 Å². The third-order valence-corrected chi connectivity index (χ3v) is 4.94. The van der Waals surface area contributed by atoms with E-state index in [1.54, 1.807) is 36.5 Å². The Morgan fingerprint density at radius 2 is 1.45 bits per heavy atom. The number of ether oxygens (including phenoxy) is 2. The van der Waals surface area contributed by atoms with E-state index in [2.05, 4.69) is 10.3 Å². The number of benzene rings is 3. The number of carbonyl (C=O) groups excluding carboxylic acids is 2. The fraction of sp³-hybridized carbons (Fsp3) is 0.0800. The van der Waals surface area contributed by atoms with E-state index >= 15 is 0 Å². The van der Waals surface area contributed by atoms with E-state index in [9.17, 15) is 9.59 Å². The molecule has 6 nitrogen and oxygen atoms in total. The van der Waals surface area contributed by atoms with Crippen LogP contribution in [0.5, 0.6) is 11.5 Å². The normalized spacial score (nSPS) is 10.5. The Kier molecular flexibility index (Phi) is 5.62. The van der Waals surface area contributed by atoms with Gasteiger partial charge < -0.3 is 14.8 Å². The Balaban J connectivity index is 1.73. The van der Waals surface area contributed by atoms with Crippen molar-refractivity contribution in [2.45, 2.75) is 0 Å². The molecule has 0 atom stereocenters. The number of pyridine rings is 1. The van der Waals surface area contributed by atoms with Crippen molar-refractivity contribution in [2.75, 3.05) is 19.5 Å². The molecule has 1 heterocycles. The molecule has 4 aromatic rings. The van der Waals surface area contributed by atoms with Crippen molar-refractivity contribution in [2.24, 2.45) is 0 Å². The van der Waals surface area contributed by atoms with Gasteiger partial charge in [0.2, 0.25) is 0 Å². The molecule has 0 bridgehead atoms. The zero-order chi connectivity index (χ0) is 21.8. The summed E-state index contributed by atoms with van der Waals surface area (Å²) in [7, 11) is 2.92. The second kappa shape index (κ2) is 8.67. The monoisotopic (exact) mass is 412 g/mol. The molecule has 0 unspecified atom stereocenters. The highest BCUT2D eigenvalue weighted by atomic mass is 16.5. The molecular weight excluding hydrogens is 392 g/mol. The van der Waals surface area contributed by atoms with Crippen LogP contribution in [0.25, 0.3) is 10.9 Å². The molecule has 1 aromatic heterocycles. The number of nitrogens with zero attached hydrogens (tertiary/aromatic N) is 1. The Hall–Kier alpha value is -4.19. The summed E-state index contributed by atoms with van der Waals surface area (Å²) in [5, 5.41) is 3.73. The van der Waals surface area contributed by atoms with Crippen LogP contribution in [-0.2, 0) is 0 Å². The molecule has 4 rings (SSSR count). The average Bonchev–Trinajstić information content (AvgIpc) is 2.83. The maximum absolute atomic E-state index is 13.1. The number of amides is 1. The lowest BCUT2D eigenvalue weighted by Gasteiger charge is -2.15. The van der Waals surface area contributed by atoms with Crippen LogP contribution < -0.4 is 14.8 Å². The summed E-state index contributed by atoms with van der Waals surface area (Å²) in [5.41, 5.74) is 2.49. The summed E-state index contributed by atoms with van der Waals surface area (Å²) in [6.07, 6.45) is 1.64. The zero-order valence-corrected chi connectivity index (χ0v) is 17.1. The minimum atomic E-state index is -0.384. The van der Waals surface area contributed by atoms with Crippen molar-refractivity contribution >= 4 is 28.3 Å². The second-order valence-electron chi connectivity index (χ2n) is 6.78. The van der Waals surface area contributed by atoms with Crippen LogP contribution in [0.4, 0.5) is 5.69 Å². The lowest BCUT2D eigenvalue weighted by Crippen LogP contribution is -2.15. The fourth-order valence-electron chi connectivity index (χ4n) is 3.39. The van der Waals surface area contributed by atoms with Crippen LogP contribution in [0, 0.1) is 0 Å². The van der Waals surface area contributed by atoms with E-state index in [0.29, 0.717) is 22.6 Å². The van der Waals surface area contributed by atoms with Crippen LogP contribution in [0.1, 0.15) is 26.3 Å². The summed E-state index contributed by atoms with van der Waals surface area (Å²) in [6, 6.07) is 21.2. The van der Waals surface area contributed by atoms with Gasteiger partial charge >= 0.3 is 0 Å². The first-order chi connectivity index (χ1) is 15.1. The molecule has 154 valence electrons. The van der Waals surface area contributed by atoms with Crippen LogP contribution in [0.2, 0.25) is 0 Å². The Labute approximate surface area is 179 Å². The number of anilines is 1. The number of hydrogen-bond acceptors (Lipinski definition) is 5. The third kappa shape index (κ3) is 3.96. The average molecular weight is 412 g/mol. The largest absolute Gasteiger partial charge is 0.496 e. The van der Waals surface area contributed by atoms with Gasteiger partial charge in [0, 0.05) is 17.1 Å². The molecule has 0 spiro atoms. The standard InChI is InChI=1S/C25H20N2O4/c1-30-22-15-19(23(31-2)14-18(22)24(28)16-8-4-3-5-9-16)25(29)27-21-12-13-26-20-11-7-6-10-17(20)21/h3-15H,1-2H3,(H,26,27,29). The number of ketones is 1. The minimum Gasteiger partial charge on any atom is -0.496 e. The first-order valence-electron chi connectivity index (χ1n) is 9.63. The van der Waals surface area contributed by atoms with Gasteiger partial charge in [-0.2, -0.15) is 0 Å². The molecule has 0 saturated heterocycles. The van der Waals surface area contributed by atoms with E-state index < -0.39 is 0 Å². The van der Waals surface area contributed by atoms with Gasteiger partial charge in [-0.3, -0.25) is 14.6 Å². The number of para-hydroxylation sites is 1. The van der Waals surface area contributed by atoms with Crippen molar-refractivity contribution in [3.05, 3.63) is 95.7 Å². The second-order valence-corrected chi connectivity index (χ2v) is 6.78. The molecule has 0 radical (unpaired) electrons. The van der Waals surface area contributed by atoms with E-state index in [4.69, 9.17) is 9.47 Å². The lowest BCUT2D eigenvalue weighted by atomic mass is 9.99. The molecule has 6 heteroatoms. The smallest absolute Gasteiger partial charge is 0.259 e.